The molecule has 0 radical (unpaired) electrons. The summed E-state index contributed by atoms with van der Waals surface area (Å²) in [4.78, 5) is 12.0. The number of furan rings is 1. The van der Waals surface area contributed by atoms with Gasteiger partial charge in [-0.2, -0.15) is 0 Å². The fraction of sp³-hybridized carbons (Fsp3) is 0.615. The second-order valence-corrected chi connectivity index (χ2v) is 7.65. The van der Waals surface area contributed by atoms with Crippen molar-refractivity contribution in [3.8, 4) is 0 Å². The van der Waals surface area contributed by atoms with Crippen molar-refractivity contribution in [2.24, 2.45) is 11.7 Å². The van der Waals surface area contributed by atoms with Crippen LogP contribution in [0, 0.1) is 12.8 Å². The Labute approximate surface area is 136 Å². The number of aryl methyl sites for hydroxylation is 1. The number of nitrogens with one attached hydrogen (secondary N) is 1. The summed E-state index contributed by atoms with van der Waals surface area (Å²) < 4.78 is 30.5. The van der Waals surface area contributed by atoms with Crippen molar-refractivity contribution in [1.82, 2.24) is 9.62 Å². The molecule has 1 aromatic rings. The third-order valence-corrected chi connectivity index (χ3v) is 5.50. The molecule has 0 aromatic carbocycles. The molecule has 22 heavy (non-hydrogen) atoms. The highest BCUT2D eigenvalue weighted by molar-refractivity contribution is 7.89. The maximum atomic E-state index is 12.1. The van der Waals surface area contributed by atoms with Crippen molar-refractivity contribution in [3.05, 3.63) is 17.6 Å². The van der Waals surface area contributed by atoms with Crippen LogP contribution in [0.3, 0.4) is 0 Å². The molecule has 1 atom stereocenters. The van der Waals surface area contributed by atoms with Crippen molar-refractivity contribution in [3.63, 3.8) is 0 Å². The van der Waals surface area contributed by atoms with Gasteiger partial charge in [-0.05, 0) is 25.7 Å². The summed E-state index contributed by atoms with van der Waals surface area (Å²) in [5.74, 6) is 0.207. The van der Waals surface area contributed by atoms with E-state index in [4.69, 9.17) is 10.2 Å². The molecule has 3 N–H and O–H groups in total. The van der Waals surface area contributed by atoms with Crippen LogP contribution in [0.1, 0.15) is 29.2 Å². The van der Waals surface area contributed by atoms with Crippen LogP contribution in [-0.4, -0.2) is 45.3 Å². The zero-order valence-electron chi connectivity index (χ0n) is 12.8. The average Bonchev–Trinajstić information content (AvgIpc) is 3.18. The number of halogens is 1. The van der Waals surface area contributed by atoms with E-state index < -0.39 is 15.9 Å². The van der Waals surface area contributed by atoms with E-state index >= 15 is 0 Å². The van der Waals surface area contributed by atoms with Gasteiger partial charge >= 0.3 is 0 Å². The van der Waals surface area contributed by atoms with Crippen LogP contribution in [0.25, 0.3) is 0 Å². The number of amides is 1. The Morgan fingerprint density at radius 2 is 2.09 bits per heavy atom. The van der Waals surface area contributed by atoms with E-state index in [0.29, 0.717) is 12.5 Å². The molecule has 0 bridgehead atoms. The largest absolute Gasteiger partial charge is 0.455 e. The molecule has 1 fully saturated rings. The minimum atomic E-state index is -3.62. The van der Waals surface area contributed by atoms with E-state index in [1.165, 1.54) is 27.1 Å². The fourth-order valence-corrected chi connectivity index (χ4v) is 3.07. The zero-order chi connectivity index (χ0) is 15.8. The van der Waals surface area contributed by atoms with Crippen molar-refractivity contribution < 1.29 is 17.6 Å². The van der Waals surface area contributed by atoms with Gasteiger partial charge in [0.1, 0.15) is 10.7 Å². The monoisotopic (exact) mass is 351 g/mol. The summed E-state index contributed by atoms with van der Waals surface area (Å²) >= 11 is 0. The fourth-order valence-electron chi connectivity index (χ4n) is 2.02. The Kier molecular flexibility index (Phi) is 6.03. The Bertz CT molecular complexity index is 638. The zero-order valence-corrected chi connectivity index (χ0v) is 14.5. The summed E-state index contributed by atoms with van der Waals surface area (Å²) in [6.45, 7) is 1.88. The molecule has 1 unspecified atom stereocenters. The molecule has 0 saturated heterocycles. The quantitative estimate of drug-likeness (QED) is 0.785. The predicted octanol–water partition coefficient (Wildman–Crippen LogP) is 0.727. The number of rotatable bonds is 6. The summed E-state index contributed by atoms with van der Waals surface area (Å²) in [6, 6.07) is 1.19. The Hall–Kier alpha value is -1.09. The Balaban J connectivity index is 0.00000242. The van der Waals surface area contributed by atoms with E-state index in [1.807, 2.05) is 0 Å². The molecular formula is C13H22ClN3O4S. The van der Waals surface area contributed by atoms with E-state index in [1.54, 1.807) is 0 Å². The molecule has 2 rings (SSSR count). The first-order chi connectivity index (χ1) is 9.73. The minimum Gasteiger partial charge on any atom is -0.455 e. The average molecular weight is 352 g/mol. The van der Waals surface area contributed by atoms with E-state index in [9.17, 15) is 13.2 Å². The molecule has 0 aliphatic heterocycles. The maximum Gasteiger partial charge on any atom is 0.287 e. The molecule has 1 aliphatic carbocycles. The first-order valence-electron chi connectivity index (χ1n) is 6.80. The molecule has 0 spiro atoms. The smallest absolute Gasteiger partial charge is 0.287 e. The third-order valence-electron chi connectivity index (χ3n) is 3.58. The Morgan fingerprint density at radius 1 is 1.50 bits per heavy atom. The highest BCUT2D eigenvalue weighted by Crippen LogP contribution is 2.31. The van der Waals surface area contributed by atoms with Crippen LogP contribution < -0.4 is 11.1 Å². The van der Waals surface area contributed by atoms with Gasteiger partial charge in [-0.1, -0.05) is 0 Å². The number of nitrogens with two attached hydrogens (primary N) is 1. The maximum absolute atomic E-state index is 12.1. The van der Waals surface area contributed by atoms with Gasteiger partial charge in [-0.3, -0.25) is 4.79 Å². The second kappa shape index (κ2) is 6.99. The number of carbonyl (C=O) groups excluding carboxylic acids is 1. The predicted molar refractivity (Wildman–Crippen MR) is 84.6 cm³/mol. The molecule has 1 aliphatic rings. The standard InChI is InChI=1S/C13H21N3O4S.ClH/c1-8-12(21(18,19)16(2)3)6-11(20-8)13(17)15-7-10(14)9-4-5-9;/h6,9-10H,4-5,7,14H2,1-3H3,(H,15,17);1H. The lowest BCUT2D eigenvalue weighted by atomic mass is 10.2. The van der Waals surface area contributed by atoms with E-state index in [0.717, 1.165) is 17.1 Å². The molecular weight excluding hydrogens is 330 g/mol. The van der Waals surface area contributed by atoms with Crippen LogP contribution in [0.15, 0.2) is 15.4 Å². The van der Waals surface area contributed by atoms with Crippen LogP contribution in [-0.2, 0) is 10.0 Å². The minimum absolute atomic E-state index is 0. The Morgan fingerprint density at radius 3 is 2.59 bits per heavy atom. The number of nitrogens with zero attached hydrogens (tertiary/aromatic N) is 1. The number of hydrogen-bond donors (Lipinski definition) is 2. The van der Waals surface area contributed by atoms with Crippen LogP contribution in [0.5, 0.6) is 0 Å². The number of carbonyl (C=O) groups is 1. The van der Waals surface area contributed by atoms with Crippen molar-refractivity contribution in [2.45, 2.75) is 30.7 Å². The lowest BCUT2D eigenvalue weighted by molar-refractivity contribution is 0.0921. The van der Waals surface area contributed by atoms with Gasteiger partial charge in [0.25, 0.3) is 5.91 Å². The summed E-state index contributed by atoms with van der Waals surface area (Å²) in [7, 11) is -0.767. The summed E-state index contributed by atoms with van der Waals surface area (Å²) in [5, 5.41) is 2.68. The third kappa shape index (κ3) is 4.01. The van der Waals surface area contributed by atoms with Crippen molar-refractivity contribution in [1.29, 1.82) is 0 Å². The lowest BCUT2D eigenvalue weighted by Gasteiger charge is -2.10. The molecule has 1 aromatic heterocycles. The second-order valence-electron chi connectivity index (χ2n) is 5.53. The highest BCUT2D eigenvalue weighted by atomic mass is 35.5. The number of sulfonamides is 1. The molecule has 7 nitrogen and oxygen atoms in total. The molecule has 126 valence electrons. The number of hydrogen-bond acceptors (Lipinski definition) is 5. The van der Waals surface area contributed by atoms with Gasteiger partial charge in [-0.25, -0.2) is 12.7 Å². The molecule has 1 saturated carbocycles. The van der Waals surface area contributed by atoms with E-state index in [2.05, 4.69) is 5.32 Å². The highest BCUT2D eigenvalue weighted by Gasteiger charge is 2.29. The van der Waals surface area contributed by atoms with E-state index in [-0.39, 0.29) is 34.9 Å². The summed E-state index contributed by atoms with van der Waals surface area (Å²) in [5.41, 5.74) is 5.90. The SMILES string of the molecule is Cc1oc(C(=O)NCC(N)C2CC2)cc1S(=O)(=O)N(C)C.Cl. The summed E-state index contributed by atoms with van der Waals surface area (Å²) in [6.07, 6.45) is 2.20. The lowest BCUT2D eigenvalue weighted by Crippen LogP contribution is -2.38. The van der Waals surface area contributed by atoms with Gasteiger partial charge in [-0.15, -0.1) is 12.4 Å². The van der Waals surface area contributed by atoms with Gasteiger partial charge in [0, 0.05) is 32.7 Å². The van der Waals surface area contributed by atoms with Crippen molar-refractivity contribution in [2.75, 3.05) is 20.6 Å². The van der Waals surface area contributed by atoms with Crippen molar-refractivity contribution >= 4 is 28.3 Å². The van der Waals surface area contributed by atoms with Gasteiger partial charge < -0.3 is 15.5 Å². The molecule has 1 amide bonds. The van der Waals surface area contributed by atoms with Crippen LogP contribution in [0.4, 0.5) is 0 Å². The van der Waals surface area contributed by atoms with Gasteiger partial charge in [0.2, 0.25) is 10.0 Å². The molecule has 9 heteroatoms. The first-order valence-corrected chi connectivity index (χ1v) is 8.24. The van der Waals surface area contributed by atoms with Gasteiger partial charge in [0.15, 0.2) is 5.76 Å². The van der Waals surface area contributed by atoms with Gasteiger partial charge in [0.05, 0.1) is 0 Å². The van der Waals surface area contributed by atoms with Crippen LogP contribution >= 0.6 is 12.4 Å². The van der Waals surface area contributed by atoms with Crippen LogP contribution in [0.2, 0.25) is 0 Å². The normalized spacial score (nSPS) is 16.2. The first kappa shape index (κ1) is 19.0. The topological polar surface area (TPSA) is 106 Å². The molecule has 1 heterocycles.